The molecular weight excluding hydrogens is 368 g/mol. The standard InChI is InChI=1S/C19H20N2O5S/c1-13-6-8-15(9-7-13)10-11-18(22)26-14(2)19(23)21-16-4-3-5-17(12-16)27(20,24)25/h3-12,14H,1-2H3,(H,21,23)(H2,20,24,25)/b11-10+/t14-/m0/s1. The normalized spacial score (nSPS) is 12.6. The van der Waals surface area contributed by atoms with Gasteiger partial charge >= 0.3 is 5.97 Å². The molecule has 3 N–H and O–H groups in total. The van der Waals surface area contributed by atoms with E-state index >= 15 is 0 Å². The second kappa shape index (κ2) is 8.61. The average Bonchev–Trinajstić information content (AvgIpc) is 2.60. The van der Waals surface area contributed by atoms with Gasteiger partial charge in [-0.25, -0.2) is 18.4 Å². The Bertz CT molecular complexity index is 966. The molecule has 142 valence electrons. The second-order valence-electron chi connectivity index (χ2n) is 5.89. The Morgan fingerprint density at radius 1 is 1.15 bits per heavy atom. The number of ether oxygens (including phenoxy) is 1. The molecule has 1 amide bonds. The molecule has 27 heavy (non-hydrogen) atoms. The summed E-state index contributed by atoms with van der Waals surface area (Å²) in [5.41, 5.74) is 2.16. The lowest BCUT2D eigenvalue weighted by molar-refractivity contribution is -0.148. The Balaban J connectivity index is 1.95. The van der Waals surface area contributed by atoms with Gasteiger partial charge in [-0.05, 0) is 43.7 Å². The van der Waals surface area contributed by atoms with Gasteiger partial charge < -0.3 is 10.1 Å². The van der Waals surface area contributed by atoms with Gasteiger partial charge in [-0.15, -0.1) is 0 Å². The number of anilines is 1. The van der Waals surface area contributed by atoms with Crippen LogP contribution in [-0.4, -0.2) is 26.4 Å². The van der Waals surface area contributed by atoms with Crippen LogP contribution in [-0.2, 0) is 24.3 Å². The third kappa shape index (κ3) is 6.36. The quantitative estimate of drug-likeness (QED) is 0.581. The van der Waals surface area contributed by atoms with E-state index in [-0.39, 0.29) is 10.6 Å². The van der Waals surface area contributed by atoms with Crippen LogP contribution in [0.15, 0.2) is 59.5 Å². The molecule has 1 atom stereocenters. The molecule has 0 fully saturated rings. The van der Waals surface area contributed by atoms with E-state index in [4.69, 9.17) is 9.88 Å². The molecule has 2 aromatic carbocycles. The number of rotatable bonds is 6. The Kier molecular flexibility index (Phi) is 6.49. The number of aryl methyl sites for hydroxylation is 1. The first-order chi connectivity index (χ1) is 12.6. The summed E-state index contributed by atoms with van der Waals surface area (Å²) in [6.45, 7) is 3.37. The van der Waals surface area contributed by atoms with Crippen molar-refractivity contribution in [2.75, 3.05) is 5.32 Å². The number of hydrogen-bond donors (Lipinski definition) is 2. The predicted octanol–water partition coefficient (Wildman–Crippen LogP) is 2.23. The van der Waals surface area contributed by atoms with Crippen LogP contribution < -0.4 is 10.5 Å². The SMILES string of the molecule is Cc1ccc(/C=C/C(=O)O[C@@H](C)C(=O)Nc2cccc(S(N)(=O)=O)c2)cc1. The van der Waals surface area contributed by atoms with Gasteiger partial charge in [0.15, 0.2) is 6.10 Å². The summed E-state index contributed by atoms with van der Waals surface area (Å²) >= 11 is 0. The Morgan fingerprint density at radius 3 is 2.44 bits per heavy atom. The largest absolute Gasteiger partial charge is 0.449 e. The molecule has 0 heterocycles. The first kappa shape index (κ1) is 20.3. The zero-order chi connectivity index (χ0) is 20.0. The first-order valence-corrected chi connectivity index (χ1v) is 9.59. The van der Waals surface area contributed by atoms with E-state index in [2.05, 4.69) is 5.32 Å². The van der Waals surface area contributed by atoms with Gasteiger partial charge in [-0.3, -0.25) is 4.79 Å². The van der Waals surface area contributed by atoms with Gasteiger partial charge in [0, 0.05) is 11.8 Å². The first-order valence-electron chi connectivity index (χ1n) is 8.04. The molecule has 0 aliphatic carbocycles. The van der Waals surface area contributed by atoms with Crippen LogP contribution in [0, 0.1) is 6.92 Å². The average molecular weight is 388 g/mol. The number of amides is 1. The highest BCUT2D eigenvalue weighted by atomic mass is 32.2. The predicted molar refractivity (Wildman–Crippen MR) is 102 cm³/mol. The van der Waals surface area contributed by atoms with E-state index in [0.717, 1.165) is 11.1 Å². The molecule has 0 saturated heterocycles. The fourth-order valence-corrected chi connectivity index (χ4v) is 2.66. The van der Waals surface area contributed by atoms with Gasteiger partial charge in [-0.2, -0.15) is 0 Å². The van der Waals surface area contributed by atoms with E-state index < -0.39 is 28.0 Å². The van der Waals surface area contributed by atoms with Crippen LogP contribution >= 0.6 is 0 Å². The van der Waals surface area contributed by atoms with Crippen molar-refractivity contribution < 1.29 is 22.7 Å². The van der Waals surface area contributed by atoms with Crippen LogP contribution in [0.3, 0.4) is 0 Å². The zero-order valence-electron chi connectivity index (χ0n) is 14.9. The van der Waals surface area contributed by atoms with Crippen LogP contribution in [0.4, 0.5) is 5.69 Å². The lowest BCUT2D eigenvalue weighted by Gasteiger charge is -2.12. The van der Waals surface area contributed by atoms with Gasteiger partial charge in [-0.1, -0.05) is 35.9 Å². The van der Waals surface area contributed by atoms with Crippen molar-refractivity contribution >= 4 is 33.7 Å². The third-order valence-electron chi connectivity index (χ3n) is 3.58. The Labute approximate surface area is 157 Å². The van der Waals surface area contributed by atoms with Crippen LogP contribution in [0.2, 0.25) is 0 Å². The fourth-order valence-electron chi connectivity index (χ4n) is 2.10. The number of carbonyl (C=O) groups is 2. The number of hydrogen-bond acceptors (Lipinski definition) is 5. The highest BCUT2D eigenvalue weighted by Gasteiger charge is 2.17. The summed E-state index contributed by atoms with van der Waals surface area (Å²) in [4.78, 5) is 23.8. The highest BCUT2D eigenvalue weighted by molar-refractivity contribution is 7.89. The molecule has 2 rings (SSSR count). The molecule has 0 saturated carbocycles. The smallest absolute Gasteiger partial charge is 0.331 e. The lowest BCUT2D eigenvalue weighted by Crippen LogP contribution is -2.29. The highest BCUT2D eigenvalue weighted by Crippen LogP contribution is 2.14. The Hall–Kier alpha value is -2.97. The molecule has 0 bridgehead atoms. The van der Waals surface area contributed by atoms with E-state index in [1.54, 1.807) is 6.08 Å². The summed E-state index contributed by atoms with van der Waals surface area (Å²) in [6, 6.07) is 13.0. The van der Waals surface area contributed by atoms with Crippen LogP contribution in [0.5, 0.6) is 0 Å². The summed E-state index contributed by atoms with van der Waals surface area (Å²) in [6.07, 6.45) is 1.75. The van der Waals surface area contributed by atoms with Crippen molar-refractivity contribution in [3.05, 3.63) is 65.7 Å². The molecule has 8 heteroatoms. The van der Waals surface area contributed by atoms with Crippen LogP contribution in [0.1, 0.15) is 18.1 Å². The minimum absolute atomic E-state index is 0.133. The summed E-state index contributed by atoms with van der Waals surface area (Å²) in [5.74, 6) is -1.27. The summed E-state index contributed by atoms with van der Waals surface area (Å²) in [5, 5.41) is 7.53. The molecule has 7 nitrogen and oxygen atoms in total. The molecule has 0 aliphatic rings. The van der Waals surface area contributed by atoms with Crippen LogP contribution in [0.25, 0.3) is 6.08 Å². The topological polar surface area (TPSA) is 116 Å². The number of esters is 1. The number of nitrogens with one attached hydrogen (secondary N) is 1. The Morgan fingerprint density at radius 2 is 1.81 bits per heavy atom. The van der Waals surface area contributed by atoms with Crippen molar-refractivity contribution in [2.45, 2.75) is 24.8 Å². The fraction of sp³-hybridized carbons (Fsp3) is 0.158. The van der Waals surface area contributed by atoms with Gasteiger partial charge in [0.05, 0.1) is 4.90 Å². The zero-order valence-corrected chi connectivity index (χ0v) is 15.7. The minimum atomic E-state index is -3.88. The van der Waals surface area contributed by atoms with Gasteiger partial charge in [0.25, 0.3) is 5.91 Å². The number of sulfonamides is 1. The minimum Gasteiger partial charge on any atom is -0.449 e. The van der Waals surface area contributed by atoms with E-state index in [1.807, 2.05) is 31.2 Å². The maximum atomic E-state index is 12.1. The summed E-state index contributed by atoms with van der Waals surface area (Å²) < 4.78 is 27.7. The van der Waals surface area contributed by atoms with Gasteiger partial charge in [0.2, 0.25) is 10.0 Å². The van der Waals surface area contributed by atoms with Gasteiger partial charge in [0.1, 0.15) is 0 Å². The maximum absolute atomic E-state index is 12.1. The number of benzene rings is 2. The second-order valence-corrected chi connectivity index (χ2v) is 7.45. The molecule has 0 aromatic heterocycles. The maximum Gasteiger partial charge on any atom is 0.331 e. The number of primary sulfonamides is 1. The monoisotopic (exact) mass is 388 g/mol. The van der Waals surface area contributed by atoms with Crippen molar-refractivity contribution in [1.29, 1.82) is 0 Å². The van der Waals surface area contributed by atoms with Crippen molar-refractivity contribution in [1.82, 2.24) is 0 Å². The number of nitrogens with two attached hydrogens (primary N) is 1. The lowest BCUT2D eigenvalue weighted by atomic mass is 10.1. The van der Waals surface area contributed by atoms with E-state index in [0.29, 0.717) is 0 Å². The third-order valence-corrected chi connectivity index (χ3v) is 4.49. The van der Waals surface area contributed by atoms with E-state index in [1.165, 1.54) is 37.3 Å². The molecule has 0 aliphatic heterocycles. The van der Waals surface area contributed by atoms with Crippen molar-refractivity contribution in [3.63, 3.8) is 0 Å². The number of carbonyl (C=O) groups excluding carboxylic acids is 2. The summed E-state index contributed by atoms with van der Waals surface area (Å²) in [7, 11) is -3.88. The molecule has 0 unspecified atom stereocenters. The van der Waals surface area contributed by atoms with Crippen molar-refractivity contribution in [2.24, 2.45) is 5.14 Å². The molecule has 0 spiro atoms. The van der Waals surface area contributed by atoms with Crippen molar-refractivity contribution in [3.8, 4) is 0 Å². The molecule has 2 aromatic rings. The molecule has 0 radical (unpaired) electrons. The molecular formula is C19H20N2O5S. The van der Waals surface area contributed by atoms with E-state index in [9.17, 15) is 18.0 Å².